The number of hydrogen-bond acceptors (Lipinski definition) is 2. The number of esters is 1. The second kappa shape index (κ2) is 6.05. The van der Waals surface area contributed by atoms with Gasteiger partial charge in [0, 0.05) is 23.2 Å². The zero-order chi connectivity index (χ0) is 13.7. The molecule has 1 aromatic heterocycles. The molecule has 0 spiro atoms. The first-order valence-corrected chi connectivity index (χ1v) is 6.30. The maximum absolute atomic E-state index is 11.3. The molecule has 0 aliphatic rings. The van der Waals surface area contributed by atoms with E-state index in [0.29, 0.717) is 6.61 Å². The Hall–Kier alpha value is -2.29. The van der Waals surface area contributed by atoms with Crippen LogP contribution in [0, 0.1) is 0 Å². The molecule has 0 amide bonds. The van der Waals surface area contributed by atoms with E-state index >= 15 is 0 Å². The number of allylic oxidation sites excluding steroid dienone is 2. The van der Waals surface area contributed by atoms with Gasteiger partial charge in [-0.15, -0.1) is 0 Å². The van der Waals surface area contributed by atoms with E-state index in [4.69, 9.17) is 4.74 Å². The molecule has 2 aromatic rings. The van der Waals surface area contributed by atoms with Gasteiger partial charge < -0.3 is 9.72 Å². The first kappa shape index (κ1) is 13.1. The monoisotopic (exact) mass is 255 g/mol. The number of nitrogens with one attached hydrogen (secondary N) is 1. The summed E-state index contributed by atoms with van der Waals surface area (Å²) in [5.41, 5.74) is 3.07. The standard InChI is InChI=1S/C16H17NO2/c1-3-19-16(18)10-12(2)8-9-13-11-17-15-7-5-4-6-14(13)15/h4-11,17H,3H2,1-2H3/b9-8+,12-10-. The molecule has 0 atom stereocenters. The van der Waals surface area contributed by atoms with Crippen LogP contribution in [0.5, 0.6) is 0 Å². The second-order valence-electron chi connectivity index (χ2n) is 4.26. The summed E-state index contributed by atoms with van der Waals surface area (Å²) in [6.45, 7) is 4.07. The Morgan fingerprint density at radius 1 is 1.37 bits per heavy atom. The van der Waals surface area contributed by atoms with Crippen LogP contribution in [0.3, 0.4) is 0 Å². The van der Waals surface area contributed by atoms with Crippen LogP contribution in [0.2, 0.25) is 0 Å². The molecule has 0 bridgehead atoms. The van der Waals surface area contributed by atoms with Crippen molar-refractivity contribution in [2.24, 2.45) is 0 Å². The number of rotatable bonds is 4. The van der Waals surface area contributed by atoms with Crippen LogP contribution < -0.4 is 0 Å². The number of hydrogen-bond donors (Lipinski definition) is 1. The van der Waals surface area contributed by atoms with Crippen LogP contribution >= 0.6 is 0 Å². The smallest absolute Gasteiger partial charge is 0.330 e. The summed E-state index contributed by atoms with van der Waals surface area (Å²) in [6, 6.07) is 8.11. The summed E-state index contributed by atoms with van der Waals surface area (Å²) >= 11 is 0. The van der Waals surface area contributed by atoms with Crippen LogP contribution in [-0.4, -0.2) is 17.6 Å². The first-order chi connectivity index (χ1) is 9.20. The Bertz CT molecular complexity index is 635. The molecule has 0 saturated carbocycles. The number of carbonyl (C=O) groups is 1. The number of benzene rings is 1. The van der Waals surface area contributed by atoms with Crippen LogP contribution in [0.15, 0.2) is 48.2 Å². The van der Waals surface area contributed by atoms with E-state index in [1.54, 1.807) is 6.92 Å². The van der Waals surface area contributed by atoms with Gasteiger partial charge in [-0.05, 0) is 31.1 Å². The molecule has 98 valence electrons. The Labute approximate surface area is 112 Å². The van der Waals surface area contributed by atoms with Gasteiger partial charge in [-0.3, -0.25) is 0 Å². The van der Waals surface area contributed by atoms with E-state index in [1.165, 1.54) is 11.5 Å². The van der Waals surface area contributed by atoms with Crippen molar-refractivity contribution >= 4 is 22.9 Å². The highest BCUT2D eigenvalue weighted by molar-refractivity contribution is 5.89. The Kier molecular flexibility index (Phi) is 4.18. The average molecular weight is 255 g/mol. The van der Waals surface area contributed by atoms with Crippen molar-refractivity contribution in [1.82, 2.24) is 4.98 Å². The summed E-state index contributed by atoms with van der Waals surface area (Å²) in [6.07, 6.45) is 7.35. The number of fused-ring (bicyclic) bond motifs is 1. The van der Waals surface area contributed by atoms with Crippen molar-refractivity contribution in [3.05, 3.63) is 53.8 Å². The molecule has 0 aliphatic carbocycles. The molecule has 0 aliphatic heterocycles. The van der Waals surface area contributed by atoms with Crippen molar-refractivity contribution in [2.75, 3.05) is 6.61 Å². The highest BCUT2D eigenvalue weighted by Gasteiger charge is 1.99. The van der Waals surface area contributed by atoms with E-state index in [9.17, 15) is 4.79 Å². The minimum absolute atomic E-state index is 0.302. The maximum Gasteiger partial charge on any atom is 0.330 e. The molecule has 3 heteroatoms. The molecular weight excluding hydrogens is 238 g/mol. The lowest BCUT2D eigenvalue weighted by atomic mass is 10.1. The van der Waals surface area contributed by atoms with E-state index in [2.05, 4.69) is 11.1 Å². The van der Waals surface area contributed by atoms with Crippen molar-refractivity contribution in [3.63, 3.8) is 0 Å². The number of carbonyl (C=O) groups excluding carboxylic acids is 1. The Balaban J connectivity index is 2.16. The molecule has 1 N–H and O–H groups in total. The average Bonchev–Trinajstić information content (AvgIpc) is 2.80. The van der Waals surface area contributed by atoms with Gasteiger partial charge in [0.1, 0.15) is 0 Å². The number of para-hydroxylation sites is 1. The van der Waals surface area contributed by atoms with Gasteiger partial charge in [0.2, 0.25) is 0 Å². The third-order valence-corrected chi connectivity index (χ3v) is 2.78. The minimum atomic E-state index is -0.302. The quantitative estimate of drug-likeness (QED) is 0.514. The number of H-pyrrole nitrogens is 1. The molecule has 0 fully saturated rings. The molecule has 1 aromatic carbocycles. The van der Waals surface area contributed by atoms with Gasteiger partial charge in [-0.2, -0.15) is 0 Å². The predicted octanol–water partition coefficient (Wildman–Crippen LogP) is 3.69. The third-order valence-electron chi connectivity index (χ3n) is 2.78. The predicted molar refractivity (Wildman–Crippen MR) is 77.7 cm³/mol. The molecule has 19 heavy (non-hydrogen) atoms. The molecule has 1 heterocycles. The minimum Gasteiger partial charge on any atom is -0.463 e. The zero-order valence-electron chi connectivity index (χ0n) is 11.1. The number of aromatic nitrogens is 1. The van der Waals surface area contributed by atoms with Gasteiger partial charge in [0.25, 0.3) is 0 Å². The second-order valence-corrected chi connectivity index (χ2v) is 4.26. The lowest BCUT2D eigenvalue weighted by molar-refractivity contribution is -0.137. The highest BCUT2D eigenvalue weighted by Crippen LogP contribution is 2.19. The summed E-state index contributed by atoms with van der Waals surface area (Å²) < 4.78 is 4.86. The molecular formula is C16H17NO2. The zero-order valence-corrected chi connectivity index (χ0v) is 11.1. The Morgan fingerprint density at radius 2 is 2.16 bits per heavy atom. The van der Waals surface area contributed by atoms with Crippen molar-refractivity contribution in [1.29, 1.82) is 0 Å². The first-order valence-electron chi connectivity index (χ1n) is 6.30. The number of ether oxygens (including phenoxy) is 1. The van der Waals surface area contributed by atoms with Gasteiger partial charge in [-0.25, -0.2) is 4.79 Å². The van der Waals surface area contributed by atoms with Crippen molar-refractivity contribution < 1.29 is 9.53 Å². The van der Waals surface area contributed by atoms with E-state index in [1.807, 2.05) is 43.5 Å². The lowest BCUT2D eigenvalue weighted by Crippen LogP contribution is -1.99. The lowest BCUT2D eigenvalue weighted by Gasteiger charge is -1.96. The molecule has 0 unspecified atom stereocenters. The largest absolute Gasteiger partial charge is 0.463 e. The van der Waals surface area contributed by atoms with E-state index < -0.39 is 0 Å². The molecule has 0 radical (unpaired) electrons. The molecule has 0 saturated heterocycles. The van der Waals surface area contributed by atoms with Crippen LogP contribution in [0.1, 0.15) is 19.4 Å². The third kappa shape index (κ3) is 3.35. The summed E-state index contributed by atoms with van der Waals surface area (Å²) in [5, 5.41) is 1.17. The summed E-state index contributed by atoms with van der Waals surface area (Å²) in [4.78, 5) is 14.5. The molecule has 2 rings (SSSR count). The highest BCUT2D eigenvalue weighted by atomic mass is 16.5. The van der Waals surface area contributed by atoms with Gasteiger partial charge in [-0.1, -0.05) is 30.4 Å². The van der Waals surface area contributed by atoms with Gasteiger partial charge in [0.05, 0.1) is 6.61 Å². The SMILES string of the molecule is CCOC(=O)/C=C(C)\C=C\c1c[nH]c2ccccc12. The topological polar surface area (TPSA) is 42.1 Å². The van der Waals surface area contributed by atoms with E-state index in [0.717, 1.165) is 16.7 Å². The van der Waals surface area contributed by atoms with Crippen molar-refractivity contribution in [3.8, 4) is 0 Å². The fraction of sp³-hybridized carbons (Fsp3) is 0.188. The normalized spacial score (nSPS) is 12.2. The Morgan fingerprint density at radius 3 is 2.95 bits per heavy atom. The fourth-order valence-corrected chi connectivity index (χ4v) is 1.87. The summed E-state index contributed by atoms with van der Waals surface area (Å²) in [7, 11) is 0. The van der Waals surface area contributed by atoms with Crippen LogP contribution in [0.25, 0.3) is 17.0 Å². The fourth-order valence-electron chi connectivity index (χ4n) is 1.87. The van der Waals surface area contributed by atoms with Crippen molar-refractivity contribution in [2.45, 2.75) is 13.8 Å². The van der Waals surface area contributed by atoms with Crippen LogP contribution in [-0.2, 0) is 9.53 Å². The maximum atomic E-state index is 11.3. The number of aromatic amines is 1. The molecule has 3 nitrogen and oxygen atoms in total. The van der Waals surface area contributed by atoms with Gasteiger partial charge >= 0.3 is 5.97 Å². The van der Waals surface area contributed by atoms with Crippen LogP contribution in [0.4, 0.5) is 0 Å². The summed E-state index contributed by atoms with van der Waals surface area (Å²) in [5.74, 6) is -0.302. The van der Waals surface area contributed by atoms with E-state index in [-0.39, 0.29) is 5.97 Å². The van der Waals surface area contributed by atoms with Gasteiger partial charge in [0.15, 0.2) is 0 Å².